The number of aryl methyl sites for hydroxylation is 1. The maximum atomic E-state index is 13.8. The molecule has 0 aliphatic carbocycles. The van der Waals surface area contributed by atoms with E-state index >= 15 is 0 Å². The molecule has 4 rings (SSSR count). The van der Waals surface area contributed by atoms with Gasteiger partial charge in [0.15, 0.2) is 11.6 Å². The molecule has 2 aromatic rings. The van der Waals surface area contributed by atoms with Crippen LogP contribution in [0.1, 0.15) is 37.7 Å². The van der Waals surface area contributed by atoms with Gasteiger partial charge in [-0.1, -0.05) is 24.3 Å². The fourth-order valence-corrected chi connectivity index (χ4v) is 4.75. The summed E-state index contributed by atoms with van der Waals surface area (Å²) in [6.07, 6.45) is 4.72. The molecule has 2 aromatic carbocycles. The first-order chi connectivity index (χ1) is 16.0. The molecule has 0 atom stereocenters. The number of amides is 1. The van der Waals surface area contributed by atoms with Crippen LogP contribution >= 0.6 is 0 Å². The van der Waals surface area contributed by atoms with Crippen LogP contribution in [-0.2, 0) is 11.2 Å². The van der Waals surface area contributed by atoms with Crippen LogP contribution in [0, 0.1) is 15.9 Å². The van der Waals surface area contributed by atoms with Crippen LogP contribution in [0.4, 0.5) is 10.1 Å². The van der Waals surface area contributed by atoms with E-state index in [2.05, 4.69) is 4.90 Å². The predicted molar refractivity (Wildman–Crippen MR) is 123 cm³/mol. The Morgan fingerprint density at radius 2 is 1.67 bits per heavy atom. The third kappa shape index (κ3) is 6.07. The normalized spacial score (nSPS) is 18.3. The molecule has 2 aliphatic rings. The van der Waals surface area contributed by atoms with Crippen molar-refractivity contribution in [3.63, 3.8) is 0 Å². The lowest BCUT2D eigenvalue weighted by atomic mass is 9.98. The molecule has 0 radical (unpaired) electrons. The molecule has 2 fully saturated rings. The molecule has 7 nitrogen and oxygen atoms in total. The molecule has 2 saturated heterocycles. The lowest BCUT2D eigenvalue weighted by Crippen LogP contribution is -2.50. The second-order valence-corrected chi connectivity index (χ2v) is 8.82. The van der Waals surface area contributed by atoms with E-state index in [9.17, 15) is 19.3 Å². The van der Waals surface area contributed by atoms with Gasteiger partial charge in [0.2, 0.25) is 5.91 Å². The second kappa shape index (κ2) is 10.7. The van der Waals surface area contributed by atoms with E-state index in [4.69, 9.17) is 4.74 Å². The van der Waals surface area contributed by atoms with Crippen LogP contribution in [-0.4, -0.2) is 59.0 Å². The number of benzene rings is 2. The molecule has 33 heavy (non-hydrogen) atoms. The molecule has 0 aromatic heterocycles. The summed E-state index contributed by atoms with van der Waals surface area (Å²) in [7, 11) is 0. The number of para-hydroxylation sites is 1. The molecular weight excluding hydrogens is 425 g/mol. The number of nitro benzene ring substituents is 1. The smallest absolute Gasteiger partial charge is 0.269 e. The van der Waals surface area contributed by atoms with Gasteiger partial charge in [-0.3, -0.25) is 19.8 Å². The van der Waals surface area contributed by atoms with E-state index in [1.165, 1.54) is 18.2 Å². The van der Waals surface area contributed by atoms with E-state index in [1.54, 1.807) is 30.3 Å². The fraction of sp³-hybridized carbons (Fsp3) is 0.480. The molecule has 0 spiro atoms. The quantitative estimate of drug-likeness (QED) is 0.462. The van der Waals surface area contributed by atoms with Crippen molar-refractivity contribution >= 4 is 11.6 Å². The van der Waals surface area contributed by atoms with Gasteiger partial charge in [-0.05, 0) is 49.8 Å². The molecule has 2 heterocycles. The number of rotatable bonds is 7. The van der Waals surface area contributed by atoms with Gasteiger partial charge in [0.05, 0.1) is 4.92 Å². The first kappa shape index (κ1) is 23.2. The van der Waals surface area contributed by atoms with Crippen LogP contribution < -0.4 is 4.74 Å². The minimum atomic E-state index is -0.419. The van der Waals surface area contributed by atoms with Crippen molar-refractivity contribution in [2.24, 2.45) is 0 Å². The van der Waals surface area contributed by atoms with Gasteiger partial charge >= 0.3 is 0 Å². The van der Waals surface area contributed by atoms with Crippen molar-refractivity contribution in [3.05, 3.63) is 70.0 Å². The number of halogens is 1. The Morgan fingerprint density at radius 1 is 1.00 bits per heavy atom. The molecule has 0 saturated carbocycles. The Bertz CT molecular complexity index is 952. The van der Waals surface area contributed by atoms with E-state index in [1.807, 2.05) is 4.90 Å². The third-order valence-electron chi connectivity index (χ3n) is 6.72. The van der Waals surface area contributed by atoms with Gasteiger partial charge in [-0.2, -0.15) is 0 Å². The Hall–Kier alpha value is -3.00. The van der Waals surface area contributed by atoms with Gasteiger partial charge in [-0.15, -0.1) is 0 Å². The summed E-state index contributed by atoms with van der Waals surface area (Å²) < 4.78 is 19.7. The highest BCUT2D eigenvalue weighted by molar-refractivity contribution is 5.76. The number of piperidine rings is 2. The van der Waals surface area contributed by atoms with Gasteiger partial charge in [0, 0.05) is 50.8 Å². The number of nitro groups is 1. The highest BCUT2D eigenvalue weighted by atomic mass is 19.1. The average molecular weight is 456 g/mol. The summed E-state index contributed by atoms with van der Waals surface area (Å²) in [6, 6.07) is 13.4. The van der Waals surface area contributed by atoms with E-state index in [0.717, 1.165) is 57.4 Å². The number of non-ortho nitro benzene ring substituents is 1. The van der Waals surface area contributed by atoms with Crippen LogP contribution in [0.15, 0.2) is 48.5 Å². The number of carbonyl (C=O) groups excluding carboxylic acids is 1. The standard InChI is InChI=1S/C25H30FN3O4/c26-23-3-1-2-4-24(23)33-22-13-17-27(18-14-22)20-11-15-28(16-12-20)25(30)10-7-19-5-8-21(9-6-19)29(31)32/h1-6,8-9,20,22H,7,10-18H2. The van der Waals surface area contributed by atoms with Gasteiger partial charge < -0.3 is 9.64 Å². The summed E-state index contributed by atoms with van der Waals surface area (Å²) in [6.45, 7) is 3.38. The lowest BCUT2D eigenvalue weighted by molar-refractivity contribution is -0.384. The summed E-state index contributed by atoms with van der Waals surface area (Å²) in [4.78, 5) is 27.4. The molecular formula is C25H30FN3O4. The first-order valence-corrected chi connectivity index (χ1v) is 11.7. The minimum Gasteiger partial charge on any atom is -0.487 e. The summed E-state index contributed by atoms with van der Waals surface area (Å²) >= 11 is 0. The minimum absolute atomic E-state index is 0.0410. The van der Waals surface area contributed by atoms with Crippen LogP contribution in [0.2, 0.25) is 0 Å². The Kier molecular flexibility index (Phi) is 7.54. The zero-order valence-corrected chi connectivity index (χ0v) is 18.7. The summed E-state index contributed by atoms with van der Waals surface area (Å²) in [5.41, 5.74) is 0.999. The summed E-state index contributed by atoms with van der Waals surface area (Å²) in [5.74, 6) is 0.158. The Morgan fingerprint density at radius 3 is 2.30 bits per heavy atom. The zero-order chi connectivity index (χ0) is 23.2. The van der Waals surface area contributed by atoms with Crippen molar-refractivity contribution in [1.29, 1.82) is 0 Å². The molecule has 2 aliphatic heterocycles. The first-order valence-electron chi connectivity index (χ1n) is 11.7. The monoisotopic (exact) mass is 455 g/mol. The highest BCUT2D eigenvalue weighted by Crippen LogP contribution is 2.25. The summed E-state index contributed by atoms with van der Waals surface area (Å²) in [5, 5.41) is 10.7. The maximum absolute atomic E-state index is 13.8. The largest absolute Gasteiger partial charge is 0.487 e. The van der Waals surface area contributed by atoms with Crippen molar-refractivity contribution < 1.29 is 18.8 Å². The van der Waals surface area contributed by atoms with Crippen molar-refractivity contribution in [2.75, 3.05) is 26.2 Å². The Balaban J connectivity index is 1.17. The van der Waals surface area contributed by atoms with Crippen LogP contribution in [0.5, 0.6) is 5.75 Å². The zero-order valence-electron chi connectivity index (χ0n) is 18.7. The van der Waals surface area contributed by atoms with Gasteiger partial charge in [0.25, 0.3) is 5.69 Å². The molecule has 0 bridgehead atoms. The predicted octanol–water partition coefficient (Wildman–Crippen LogP) is 4.20. The number of likely N-dealkylation sites (tertiary alicyclic amines) is 2. The van der Waals surface area contributed by atoms with Crippen LogP contribution in [0.3, 0.4) is 0 Å². The Labute approximate surface area is 193 Å². The molecule has 0 N–H and O–H groups in total. The lowest BCUT2D eigenvalue weighted by Gasteiger charge is -2.41. The second-order valence-electron chi connectivity index (χ2n) is 8.82. The fourth-order valence-electron chi connectivity index (χ4n) is 4.75. The SMILES string of the molecule is O=C(CCc1ccc([N+](=O)[O-])cc1)N1CCC(N2CCC(Oc3ccccc3F)CC2)CC1. The van der Waals surface area contributed by atoms with E-state index in [0.29, 0.717) is 24.6 Å². The van der Waals surface area contributed by atoms with Crippen molar-refractivity contribution in [2.45, 2.75) is 50.7 Å². The van der Waals surface area contributed by atoms with Crippen molar-refractivity contribution in [3.8, 4) is 5.75 Å². The third-order valence-corrected chi connectivity index (χ3v) is 6.72. The number of carbonyl (C=O) groups is 1. The number of hydrogen-bond acceptors (Lipinski definition) is 5. The van der Waals surface area contributed by atoms with Crippen molar-refractivity contribution in [1.82, 2.24) is 9.80 Å². The average Bonchev–Trinajstić information content (AvgIpc) is 2.85. The molecule has 176 valence electrons. The van der Waals surface area contributed by atoms with Gasteiger partial charge in [-0.25, -0.2) is 4.39 Å². The van der Waals surface area contributed by atoms with E-state index in [-0.39, 0.29) is 23.5 Å². The number of nitrogens with zero attached hydrogens (tertiary/aromatic N) is 3. The number of ether oxygens (including phenoxy) is 1. The van der Waals surface area contributed by atoms with Crippen LogP contribution in [0.25, 0.3) is 0 Å². The van der Waals surface area contributed by atoms with Gasteiger partial charge in [0.1, 0.15) is 6.10 Å². The van der Waals surface area contributed by atoms with E-state index < -0.39 is 4.92 Å². The topological polar surface area (TPSA) is 75.9 Å². The molecule has 1 amide bonds. The molecule has 0 unspecified atom stereocenters. The maximum Gasteiger partial charge on any atom is 0.269 e. The highest BCUT2D eigenvalue weighted by Gasteiger charge is 2.30. The molecule has 8 heteroatoms. The number of hydrogen-bond donors (Lipinski definition) is 0.